The lowest BCUT2D eigenvalue weighted by atomic mass is 10.1. The quantitative estimate of drug-likeness (QED) is 0.363. The fourth-order valence-corrected chi connectivity index (χ4v) is 4.70. The summed E-state index contributed by atoms with van der Waals surface area (Å²) in [5.41, 5.74) is 2.13. The summed E-state index contributed by atoms with van der Waals surface area (Å²) in [5, 5.41) is 3.83. The van der Waals surface area contributed by atoms with Gasteiger partial charge in [0.05, 0.1) is 10.2 Å². The molecular formula is C23H28N2O2S2. The van der Waals surface area contributed by atoms with E-state index in [9.17, 15) is 9.59 Å². The topological polar surface area (TPSA) is 59.1 Å². The number of carbonyl (C=O) groups excluding carboxylic acids is 2. The summed E-state index contributed by atoms with van der Waals surface area (Å²) in [5.74, 6) is 0.889. The van der Waals surface area contributed by atoms with Crippen LogP contribution in [0.2, 0.25) is 0 Å². The number of hydrogen-bond acceptors (Lipinski definition) is 5. The predicted molar refractivity (Wildman–Crippen MR) is 126 cm³/mol. The zero-order chi connectivity index (χ0) is 20.3. The van der Waals surface area contributed by atoms with Gasteiger partial charge >= 0.3 is 0 Å². The first-order valence-corrected chi connectivity index (χ1v) is 11.9. The van der Waals surface area contributed by atoms with Gasteiger partial charge in [-0.3, -0.25) is 9.59 Å². The van der Waals surface area contributed by atoms with Crippen molar-refractivity contribution in [2.45, 2.75) is 44.9 Å². The van der Waals surface area contributed by atoms with Crippen molar-refractivity contribution in [2.75, 3.05) is 11.1 Å². The lowest BCUT2D eigenvalue weighted by Crippen LogP contribution is -2.10. The van der Waals surface area contributed by atoms with E-state index < -0.39 is 0 Å². The molecule has 1 aromatic heterocycles. The molecule has 0 bridgehead atoms. The van der Waals surface area contributed by atoms with Crippen LogP contribution < -0.4 is 5.32 Å². The van der Waals surface area contributed by atoms with Crippen molar-refractivity contribution in [3.63, 3.8) is 0 Å². The molecule has 1 heterocycles. The third-order valence-electron chi connectivity index (χ3n) is 4.56. The normalized spacial score (nSPS) is 10.9. The number of amides is 1. The van der Waals surface area contributed by atoms with Crippen molar-refractivity contribution in [3.05, 3.63) is 60.2 Å². The van der Waals surface area contributed by atoms with Gasteiger partial charge in [-0.2, -0.15) is 0 Å². The molecule has 2 aromatic carbocycles. The van der Waals surface area contributed by atoms with Gasteiger partial charge < -0.3 is 5.32 Å². The summed E-state index contributed by atoms with van der Waals surface area (Å²) in [7, 11) is 0. The standard InChI is InChI=1S/C23H26N2O2S2.H2/c26-21(25-23-24-19-12-7-8-13-20(19)29-23)14-6-1-2-9-17-28-22(27)16-15-18-10-4-3-5-11-18;/h3-5,7-8,10-13H,1-2,6,9,14-17H2,(H,24,25,26);1H. The number of thioether (sulfide) groups is 1. The van der Waals surface area contributed by atoms with Crippen LogP contribution in [0.5, 0.6) is 0 Å². The van der Waals surface area contributed by atoms with E-state index in [1.807, 2.05) is 42.5 Å². The number of rotatable bonds is 11. The molecule has 0 saturated carbocycles. The lowest BCUT2D eigenvalue weighted by molar-refractivity contribution is -0.116. The van der Waals surface area contributed by atoms with Crippen LogP contribution in [0.4, 0.5) is 5.13 Å². The van der Waals surface area contributed by atoms with Gasteiger partial charge in [0.1, 0.15) is 0 Å². The van der Waals surface area contributed by atoms with Crippen molar-refractivity contribution in [3.8, 4) is 0 Å². The minimum Gasteiger partial charge on any atom is -0.302 e. The number of unbranched alkanes of at least 4 members (excludes halogenated alkanes) is 3. The second kappa shape index (κ2) is 11.7. The smallest absolute Gasteiger partial charge is 0.226 e. The molecule has 3 aromatic rings. The lowest BCUT2D eigenvalue weighted by Gasteiger charge is -2.03. The van der Waals surface area contributed by atoms with Crippen molar-refractivity contribution < 1.29 is 11.0 Å². The van der Waals surface area contributed by atoms with Crippen molar-refractivity contribution in [2.24, 2.45) is 0 Å². The molecule has 0 radical (unpaired) electrons. The van der Waals surface area contributed by atoms with Gasteiger partial charge in [0.25, 0.3) is 0 Å². The largest absolute Gasteiger partial charge is 0.302 e. The Morgan fingerprint density at radius 3 is 2.52 bits per heavy atom. The Balaban J connectivity index is 0.00000320. The molecule has 4 nitrogen and oxygen atoms in total. The number of nitrogens with one attached hydrogen (secondary N) is 1. The number of thiazole rings is 1. The minimum atomic E-state index is 0. The zero-order valence-corrected chi connectivity index (χ0v) is 18.1. The average molecular weight is 429 g/mol. The van der Waals surface area contributed by atoms with E-state index in [-0.39, 0.29) is 12.4 Å². The summed E-state index contributed by atoms with van der Waals surface area (Å²) >= 11 is 2.94. The van der Waals surface area contributed by atoms with Gasteiger partial charge in [-0.25, -0.2) is 4.98 Å². The summed E-state index contributed by atoms with van der Waals surface area (Å²) in [6, 6.07) is 18.0. The van der Waals surface area contributed by atoms with E-state index in [1.54, 1.807) is 0 Å². The van der Waals surface area contributed by atoms with Crippen molar-refractivity contribution in [1.29, 1.82) is 0 Å². The maximum absolute atomic E-state index is 12.1. The third-order valence-corrected chi connectivity index (χ3v) is 6.53. The molecule has 1 N–H and O–H groups in total. The molecule has 0 spiro atoms. The van der Waals surface area contributed by atoms with Gasteiger partial charge in [0.2, 0.25) is 5.91 Å². The number of hydrogen-bond donors (Lipinski definition) is 1. The van der Waals surface area contributed by atoms with Crippen LogP contribution in [0.15, 0.2) is 54.6 Å². The Morgan fingerprint density at radius 1 is 0.931 bits per heavy atom. The van der Waals surface area contributed by atoms with E-state index in [0.717, 1.165) is 48.1 Å². The maximum Gasteiger partial charge on any atom is 0.226 e. The monoisotopic (exact) mass is 428 g/mol. The van der Waals surface area contributed by atoms with Gasteiger partial charge in [0, 0.05) is 20.0 Å². The Bertz CT molecular complexity index is 898. The number of aryl methyl sites for hydroxylation is 1. The van der Waals surface area contributed by atoms with Crippen LogP contribution >= 0.6 is 23.1 Å². The van der Waals surface area contributed by atoms with Crippen LogP contribution in [-0.4, -0.2) is 21.8 Å². The predicted octanol–water partition coefficient (Wildman–Crippen LogP) is 6.32. The van der Waals surface area contributed by atoms with Crippen molar-refractivity contribution >= 4 is 49.5 Å². The van der Waals surface area contributed by atoms with Gasteiger partial charge in [0.15, 0.2) is 10.2 Å². The summed E-state index contributed by atoms with van der Waals surface area (Å²) in [6.45, 7) is 0. The zero-order valence-electron chi connectivity index (χ0n) is 16.4. The molecule has 0 aliphatic heterocycles. The van der Waals surface area contributed by atoms with Gasteiger partial charge in [-0.15, -0.1) is 0 Å². The third kappa shape index (κ3) is 7.63. The van der Waals surface area contributed by atoms with E-state index in [4.69, 9.17) is 0 Å². The van der Waals surface area contributed by atoms with E-state index in [0.29, 0.717) is 18.0 Å². The Labute approximate surface area is 181 Å². The number of nitrogens with zero attached hydrogens (tertiary/aromatic N) is 1. The van der Waals surface area contributed by atoms with Gasteiger partial charge in [-0.05, 0) is 37.0 Å². The first-order valence-electron chi connectivity index (χ1n) is 10.1. The molecule has 0 unspecified atom stereocenters. The summed E-state index contributed by atoms with van der Waals surface area (Å²) in [6.07, 6.45) is 5.86. The summed E-state index contributed by atoms with van der Waals surface area (Å²) in [4.78, 5) is 28.4. The molecule has 6 heteroatoms. The van der Waals surface area contributed by atoms with Crippen molar-refractivity contribution in [1.82, 2.24) is 4.98 Å². The first kappa shape index (κ1) is 21.5. The van der Waals surface area contributed by atoms with E-state index in [2.05, 4.69) is 22.4 Å². The maximum atomic E-state index is 12.1. The van der Waals surface area contributed by atoms with Crippen LogP contribution in [-0.2, 0) is 16.0 Å². The Hall–Kier alpha value is -2.18. The summed E-state index contributed by atoms with van der Waals surface area (Å²) < 4.78 is 1.08. The molecule has 3 rings (SSSR count). The molecule has 0 aliphatic rings. The molecule has 0 fully saturated rings. The first-order chi connectivity index (χ1) is 14.2. The second-order valence-electron chi connectivity index (χ2n) is 6.91. The number of carbonyl (C=O) groups is 2. The molecule has 0 aliphatic carbocycles. The molecule has 154 valence electrons. The molecule has 0 atom stereocenters. The molecule has 29 heavy (non-hydrogen) atoms. The number of para-hydroxylation sites is 1. The minimum absolute atomic E-state index is 0. The van der Waals surface area contributed by atoms with Crippen LogP contribution in [0.1, 0.15) is 45.5 Å². The number of aromatic nitrogens is 1. The highest BCUT2D eigenvalue weighted by atomic mass is 32.2. The van der Waals surface area contributed by atoms with Gasteiger partial charge in [-0.1, -0.05) is 78.4 Å². The fraction of sp³-hybridized carbons (Fsp3) is 0.348. The average Bonchev–Trinajstić information content (AvgIpc) is 3.14. The number of fused-ring (bicyclic) bond motifs is 1. The Morgan fingerprint density at radius 2 is 1.69 bits per heavy atom. The molecule has 0 saturated heterocycles. The van der Waals surface area contributed by atoms with Crippen LogP contribution in [0.25, 0.3) is 10.2 Å². The fourth-order valence-electron chi connectivity index (χ4n) is 3.00. The Kier molecular flexibility index (Phi) is 8.71. The number of anilines is 1. The van der Waals surface area contributed by atoms with E-state index in [1.165, 1.54) is 28.7 Å². The highest BCUT2D eigenvalue weighted by molar-refractivity contribution is 8.13. The highest BCUT2D eigenvalue weighted by Crippen LogP contribution is 2.25. The molecule has 1 amide bonds. The second-order valence-corrected chi connectivity index (χ2v) is 9.09. The molecular weight excluding hydrogens is 400 g/mol. The SMILES string of the molecule is O=C(CCCCCCSC(=O)CCc1ccccc1)Nc1nc2ccccc2s1.[HH]. The van der Waals surface area contributed by atoms with Crippen LogP contribution in [0, 0.1) is 0 Å². The van der Waals surface area contributed by atoms with Crippen LogP contribution in [0.3, 0.4) is 0 Å². The highest BCUT2D eigenvalue weighted by Gasteiger charge is 2.07. The number of benzene rings is 2. The van der Waals surface area contributed by atoms with E-state index >= 15 is 0 Å².